The summed E-state index contributed by atoms with van der Waals surface area (Å²) in [7, 11) is 0. The van der Waals surface area contributed by atoms with Gasteiger partial charge >= 0.3 is 6.18 Å². The molecule has 0 spiro atoms. The first kappa shape index (κ1) is 11.5. The van der Waals surface area contributed by atoms with Gasteiger partial charge < -0.3 is 5.32 Å². The quantitative estimate of drug-likeness (QED) is 0.846. The smallest absolute Gasteiger partial charge is 0.316 e. The second kappa shape index (κ2) is 3.94. The summed E-state index contributed by atoms with van der Waals surface area (Å²) in [6.07, 6.45) is -2.36. The van der Waals surface area contributed by atoms with E-state index < -0.39 is 11.9 Å². The van der Waals surface area contributed by atoms with Crippen LogP contribution in [0.1, 0.15) is 23.7 Å². The van der Waals surface area contributed by atoms with Crippen molar-refractivity contribution in [3.05, 3.63) is 29.7 Å². The van der Waals surface area contributed by atoms with Crippen LogP contribution in [0.3, 0.4) is 0 Å². The Kier molecular flexibility index (Phi) is 2.51. The highest BCUT2D eigenvalue weighted by atomic mass is 19.4. The van der Waals surface area contributed by atoms with E-state index >= 15 is 0 Å². The van der Waals surface area contributed by atoms with E-state index in [1.54, 1.807) is 6.07 Å². The number of hydrogen-bond acceptors (Lipinski definition) is 3. The van der Waals surface area contributed by atoms with Gasteiger partial charge in [0.15, 0.2) is 5.65 Å². The molecule has 1 unspecified atom stereocenters. The lowest BCUT2D eigenvalue weighted by atomic mass is 10.1. The van der Waals surface area contributed by atoms with Gasteiger partial charge in [-0.15, -0.1) is 0 Å². The molecule has 1 fully saturated rings. The van der Waals surface area contributed by atoms with E-state index in [-0.39, 0.29) is 11.6 Å². The molecule has 3 rings (SSSR count). The van der Waals surface area contributed by atoms with Crippen LogP contribution in [0.4, 0.5) is 13.2 Å². The first-order valence-corrected chi connectivity index (χ1v) is 5.68. The van der Waals surface area contributed by atoms with Crippen LogP contribution in [0.15, 0.2) is 18.3 Å². The van der Waals surface area contributed by atoms with E-state index in [4.69, 9.17) is 0 Å². The number of rotatable bonds is 1. The van der Waals surface area contributed by atoms with Crippen LogP contribution in [-0.4, -0.2) is 27.7 Å². The zero-order chi connectivity index (χ0) is 12.8. The van der Waals surface area contributed by atoms with Crippen molar-refractivity contribution in [3.8, 4) is 0 Å². The molecule has 7 heteroatoms. The molecule has 1 aliphatic rings. The molecular weight excluding hydrogens is 245 g/mol. The van der Waals surface area contributed by atoms with Gasteiger partial charge in [-0.1, -0.05) is 0 Å². The molecule has 3 heterocycles. The van der Waals surface area contributed by atoms with Gasteiger partial charge in [-0.3, -0.25) is 0 Å². The largest absolute Gasteiger partial charge is 0.433 e. The maximum absolute atomic E-state index is 12.8. The standard InChI is InChI=1S/C11H11F3N4/c12-11(13,14)9-2-4-16-10-5-8(17-18(9)10)7-1-3-15-6-7/h2,4-5,7,15H,1,3,6H2. The molecule has 1 saturated heterocycles. The molecule has 18 heavy (non-hydrogen) atoms. The summed E-state index contributed by atoms with van der Waals surface area (Å²) in [4.78, 5) is 3.93. The van der Waals surface area contributed by atoms with E-state index in [0.29, 0.717) is 5.69 Å². The molecule has 1 aliphatic heterocycles. The molecule has 1 N–H and O–H groups in total. The fourth-order valence-electron chi connectivity index (χ4n) is 2.23. The van der Waals surface area contributed by atoms with E-state index in [9.17, 15) is 13.2 Å². The third-order valence-corrected chi connectivity index (χ3v) is 3.15. The topological polar surface area (TPSA) is 42.2 Å². The zero-order valence-corrected chi connectivity index (χ0v) is 9.41. The van der Waals surface area contributed by atoms with Gasteiger partial charge in [-0.05, 0) is 19.0 Å². The Labute approximate surface area is 101 Å². The Bertz CT molecular complexity index is 569. The third-order valence-electron chi connectivity index (χ3n) is 3.15. The Hall–Kier alpha value is -1.63. The zero-order valence-electron chi connectivity index (χ0n) is 9.41. The number of nitrogens with one attached hydrogen (secondary N) is 1. The number of aromatic nitrogens is 3. The van der Waals surface area contributed by atoms with Crippen molar-refractivity contribution in [2.75, 3.05) is 13.1 Å². The van der Waals surface area contributed by atoms with Crippen LogP contribution >= 0.6 is 0 Å². The highest BCUT2D eigenvalue weighted by molar-refractivity contribution is 5.41. The van der Waals surface area contributed by atoms with E-state index in [0.717, 1.165) is 36.3 Å². The van der Waals surface area contributed by atoms with Gasteiger partial charge in [-0.2, -0.15) is 18.3 Å². The lowest BCUT2D eigenvalue weighted by Gasteiger charge is -2.07. The normalized spacial score (nSPS) is 20.7. The van der Waals surface area contributed by atoms with Crippen LogP contribution in [0.2, 0.25) is 0 Å². The highest BCUT2D eigenvalue weighted by Crippen LogP contribution is 2.30. The number of alkyl halides is 3. The maximum Gasteiger partial charge on any atom is 0.433 e. The summed E-state index contributed by atoms with van der Waals surface area (Å²) in [6.45, 7) is 1.63. The fraction of sp³-hybridized carbons (Fsp3) is 0.455. The lowest BCUT2D eigenvalue weighted by molar-refractivity contribution is -0.142. The van der Waals surface area contributed by atoms with Gasteiger partial charge in [0.25, 0.3) is 0 Å². The highest BCUT2D eigenvalue weighted by Gasteiger charge is 2.34. The summed E-state index contributed by atoms with van der Waals surface area (Å²) in [5.41, 5.74) is 0.126. The SMILES string of the molecule is FC(F)(F)c1ccnc2cc(C3CCNC3)nn12. The van der Waals surface area contributed by atoms with Crippen LogP contribution in [0.25, 0.3) is 5.65 Å². The molecule has 96 valence electrons. The van der Waals surface area contributed by atoms with Crippen molar-refractivity contribution in [3.63, 3.8) is 0 Å². The second-order valence-electron chi connectivity index (χ2n) is 4.36. The third kappa shape index (κ3) is 1.84. The maximum atomic E-state index is 12.8. The summed E-state index contributed by atoms with van der Waals surface area (Å²) in [5.74, 6) is 0.174. The Morgan fingerprint density at radius 2 is 2.22 bits per heavy atom. The van der Waals surface area contributed by atoms with E-state index in [1.165, 1.54) is 0 Å². The Morgan fingerprint density at radius 3 is 2.89 bits per heavy atom. The van der Waals surface area contributed by atoms with Crippen molar-refractivity contribution in [1.82, 2.24) is 19.9 Å². The molecular formula is C11H11F3N4. The van der Waals surface area contributed by atoms with Crippen molar-refractivity contribution >= 4 is 5.65 Å². The Morgan fingerprint density at radius 1 is 1.39 bits per heavy atom. The predicted octanol–water partition coefficient (Wildman–Crippen LogP) is 1.82. The van der Waals surface area contributed by atoms with Crippen molar-refractivity contribution in [1.29, 1.82) is 0 Å². The summed E-state index contributed by atoms with van der Waals surface area (Å²) >= 11 is 0. The molecule has 2 aromatic rings. The van der Waals surface area contributed by atoms with Gasteiger partial charge in [0, 0.05) is 24.7 Å². The average Bonchev–Trinajstić information content (AvgIpc) is 2.95. The number of halogens is 3. The van der Waals surface area contributed by atoms with E-state index in [1.807, 2.05) is 0 Å². The number of nitrogens with zero attached hydrogens (tertiary/aromatic N) is 3. The van der Waals surface area contributed by atoms with Crippen molar-refractivity contribution in [2.24, 2.45) is 0 Å². The van der Waals surface area contributed by atoms with Crippen LogP contribution in [0.5, 0.6) is 0 Å². The van der Waals surface area contributed by atoms with Gasteiger partial charge in [-0.25, -0.2) is 9.50 Å². The van der Waals surface area contributed by atoms with Crippen LogP contribution in [-0.2, 0) is 6.18 Å². The van der Waals surface area contributed by atoms with Gasteiger partial charge in [0.05, 0.1) is 5.69 Å². The van der Waals surface area contributed by atoms with Gasteiger partial charge in [0.1, 0.15) is 5.69 Å². The molecule has 0 radical (unpaired) electrons. The monoisotopic (exact) mass is 256 g/mol. The van der Waals surface area contributed by atoms with Gasteiger partial charge in [0.2, 0.25) is 0 Å². The second-order valence-corrected chi connectivity index (χ2v) is 4.36. The van der Waals surface area contributed by atoms with Crippen molar-refractivity contribution < 1.29 is 13.2 Å². The minimum absolute atomic E-state index is 0.174. The molecule has 0 amide bonds. The first-order chi connectivity index (χ1) is 8.55. The molecule has 4 nitrogen and oxygen atoms in total. The first-order valence-electron chi connectivity index (χ1n) is 5.68. The Balaban J connectivity index is 2.11. The molecule has 2 aromatic heterocycles. The van der Waals surface area contributed by atoms with E-state index in [2.05, 4.69) is 15.4 Å². The summed E-state index contributed by atoms with van der Waals surface area (Å²) in [5, 5.41) is 7.22. The minimum atomic E-state index is -4.42. The average molecular weight is 256 g/mol. The summed E-state index contributed by atoms with van der Waals surface area (Å²) in [6, 6.07) is 2.57. The number of fused-ring (bicyclic) bond motifs is 1. The number of hydrogen-bond donors (Lipinski definition) is 1. The molecule has 0 aromatic carbocycles. The van der Waals surface area contributed by atoms with Crippen LogP contribution < -0.4 is 5.32 Å². The molecule has 1 atom stereocenters. The fourth-order valence-corrected chi connectivity index (χ4v) is 2.23. The molecule has 0 saturated carbocycles. The summed E-state index contributed by atoms with van der Waals surface area (Å²) < 4.78 is 39.3. The lowest BCUT2D eigenvalue weighted by Crippen LogP contribution is -2.13. The predicted molar refractivity (Wildman–Crippen MR) is 58.2 cm³/mol. The van der Waals surface area contributed by atoms with Crippen LogP contribution in [0, 0.1) is 0 Å². The van der Waals surface area contributed by atoms with Crippen molar-refractivity contribution in [2.45, 2.75) is 18.5 Å². The molecule has 0 aliphatic carbocycles. The minimum Gasteiger partial charge on any atom is -0.316 e. The molecule has 0 bridgehead atoms.